The topological polar surface area (TPSA) is 72.9 Å². The van der Waals surface area contributed by atoms with Crippen molar-refractivity contribution in [1.29, 1.82) is 0 Å². The molecular weight excluding hydrogens is 366 g/mol. The fourth-order valence-corrected chi connectivity index (χ4v) is 3.75. The first kappa shape index (κ1) is 19.1. The summed E-state index contributed by atoms with van der Waals surface area (Å²) < 4.78 is 37.1. The van der Waals surface area contributed by atoms with Crippen molar-refractivity contribution in [3.63, 3.8) is 0 Å². The number of esters is 1. The molecule has 0 aliphatic rings. The van der Waals surface area contributed by atoms with E-state index in [-0.39, 0.29) is 10.6 Å². The Labute approximate surface area is 152 Å². The van der Waals surface area contributed by atoms with Crippen LogP contribution in [0.2, 0.25) is 5.02 Å². The van der Waals surface area contributed by atoms with E-state index in [9.17, 15) is 13.2 Å². The number of ether oxygens (including phenoxy) is 2. The van der Waals surface area contributed by atoms with Crippen LogP contribution in [0.25, 0.3) is 0 Å². The standard InChI is InChI=1S/C17H18ClNO5S/c1-12-4-9-16(23-2)15(10-12)19(11-17(20)24-3)25(21,22)14-7-5-13(18)6-8-14/h4-10H,11H2,1-3H3. The van der Waals surface area contributed by atoms with Gasteiger partial charge >= 0.3 is 5.97 Å². The van der Waals surface area contributed by atoms with Gasteiger partial charge in [-0.2, -0.15) is 0 Å². The van der Waals surface area contributed by atoms with E-state index in [1.165, 1.54) is 38.5 Å². The van der Waals surface area contributed by atoms with Crippen LogP contribution in [-0.2, 0) is 19.6 Å². The van der Waals surface area contributed by atoms with Gasteiger partial charge < -0.3 is 9.47 Å². The third-order valence-corrected chi connectivity index (χ3v) is 5.53. The molecule has 0 spiro atoms. The number of anilines is 1. The molecule has 0 saturated heterocycles. The Kier molecular flexibility index (Phi) is 5.92. The Hall–Kier alpha value is -2.25. The van der Waals surface area contributed by atoms with E-state index >= 15 is 0 Å². The fourth-order valence-electron chi connectivity index (χ4n) is 2.21. The number of rotatable bonds is 6. The summed E-state index contributed by atoms with van der Waals surface area (Å²) >= 11 is 5.83. The first-order valence-corrected chi connectivity index (χ1v) is 9.11. The minimum Gasteiger partial charge on any atom is -0.495 e. The number of methoxy groups -OCH3 is 2. The van der Waals surface area contributed by atoms with Crippen molar-refractivity contribution < 1.29 is 22.7 Å². The second-order valence-corrected chi connectivity index (χ2v) is 7.52. The van der Waals surface area contributed by atoms with Crippen LogP contribution in [0.4, 0.5) is 5.69 Å². The zero-order chi connectivity index (χ0) is 18.6. The van der Waals surface area contributed by atoms with Gasteiger partial charge in [-0.05, 0) is 48.9 Å². The van der Waals surface area contributed by atoms with Crippen molar-refractivity contribution in [2.45, 2.75) is 11.8 Å². The summed E-state index contributed by atoms with van der Waals surface area (Å²) in [7, 11) is -1.40. The normalized spacial score (nSPS) is 11.0. The highest BCUT2D eigenvalue weighted by atomic mass is 35.5. The van der Waals surface area contributed by atoms with Gasteiger partial charge in [0.2, 0.25) is 0 Å². The molecule has 0 aromatic heterocycles. The second-order valence-electron chi connectivity index (χ2n) is 5.22. The molecule has 0 N–H and O–H groups in total. The largest absolute Gasteiger partial charge is 0.495 e. The molecule has 0 aliphatic heterocycles. The van der Waals surface area contributed by atoms with Crippen molar-refractivity contribution in [1.82, 2.24) is 0 Å². The first-order valence-electron chi connectivity index (χ1n) is 7.29. The summed E-state index contributed by atoms with van der Waals surface area (Å²) in [5.41, 5.74) is 1.07. The van der Waals surface area contributed by atoms with Crippen LogP contribution in [0, 0.1) is 6.92 Å². The third-order valence-electron chi connectivity index (χ3n) is 3.51. The number of halogens is 1. The monoisotopic (exact) mass is 383 g/mol. The van der Waals surface area contributed by atoms with Crippen LogP contribution in [0.15, 0.2) is 47.4 Å². The predicted octanol–water partition coefficient (Wildman–Crippen LogP) is 3.03. The number of nitrogens with zero attached hydrogens (tertiary/aromatic N) is 1. The minimum absolute atomic E-state index is 0.00404. The maximum Gasteiger partial charge on any atom is 0.326 e. The molecule has 0 bridgehead atoms. The van der Waals surface area contributed by atoms with Crippen LogP contribution in [0.1, 0.15) is 5.56 Å². The average Bonchev–Trinajstić information content (AvgIpc) is 2.59. The molecule has 0 saturated carbocycles. The van der Waals surface area contributed by atoms with Gasteiger partial charge in [0.15, 0.2) is 0 Å². The highest BCUT2D eigenvalue weighted by Crippen LogP contribution is 2.33. The lowest BCUT2D eigenvalue weighted by Crippen LogP contribution is -2.36. The molecule has 6 nitrogen and oxygen atoms in total. The van der Waals surface area contributed by atoms with Gasteiger partial charge in [-0.25, -0.2) is 8.42 Å². The molecule has 0 radical (unpaired) electrons. The molecule has 0 unspecified atom stereocenters. The summed E-state index contributed by atoms with van der Waals surface area (Å²) in [6, 6.07) is 10.8. The zero-order valence-corrected chi connectivity index (χ0v) is 15.6. The summed E-state index contributed by atoms with van der Waals surface area (Å²) in [5.74, 6) is -0.367. The maximum absolute atomic E-state index is 13.1. The van der Waals surface area contributed by atoms with Crippen molar-refractivity contribution >= 4 is 33.3 Å². The molecule has 2 aromatic rings. The molecule has 0 fully saturated rings. The molecule has 2 rings (SSSR count). The number of aryl methyl sites for hydroxylation is 1. The Bertz CT molecular complexity index is 865. The quantitative estimate of drug-likeness (QED) is 0.717. The van der Waals surface area contributed by atoms with Gasteiger partial charge in [-0.3, -0.25) is 9.10 Å². The van der Waals surface area contributed by atoms with Crippen molar-refractivity contribution in [3.8, 4) is 5.75 Å². The third kappa shape index (κ3) is 4.24. The van der Waals surface area contributed by atoms with Crippen LogP contribution in [-0.4, -0.2) is 35.2 Å². The minimum atomic E-state index is -4.03. The Morgan fingerprint density at radius 1 is 1.12 bits per heavy atom. The number of sulfonamides is 1. The molecule has 0 heterocycles. The van der Waals surface area contributed by atoms with E-state index in [1.54, 1.807) is 18.2 Å². The number of hydrogen-bond donors (Lipinski definition) is 0. The lowest BCUT2D eigenvalue weighted by Gasteiger charge is -2.25. The van der Waals surface area contributed by atoms with Crippen LogP contribution in [0.5, 0.6) is 5.75 Å². The fraction of sp³-hybridized carbons (Fsp3) is 0.235. The van der Waals surface area contributed by atoms with E-state index in [1.807, 2.05) is 6.92 Å². The van der Waals surface area contributed by atoms with Gasteiger partial charge in [0.25, 0.3) is 10.0 Å². The maximum atomic E-state index is 13.1. The number of carbonyl (C=O) groups excluding carboxylic acids is 1. The summed E-state index contributed by atoms with van der Waals surface area (Å²) in [6.45, 7) is 1.33. The van der Waals surface area contributed by atoms with Gasteiger partial charge in [0.05, 0.1) is 24.8 Å². The summed E-state index contributed by atoms with van der Waals surface area (Å²) in [4.78, 5) is 11.8. The van der Waals surface area contributed by atoms with E-state index in [2.05, 4.69) is 4.74 Å². The van der Waals surface area contributed by atoms with Gasteiger partial charge in [-0.15, -0.1) is 0 Å². The van der Waals surface area contributed by atoms with E-state index in [0.29, 0.717) is 10.8 Å². The zero-order valence-electron chi connectivity index (χ0n) is 14.0. The summed E-state index contributed by atoms with van der Waals surface area (Å²) in [6.07, 6.45) is 0. The SMILES string of the molecule is COC(=O)CN(c1cc(C)ccc1OC)S(=O)(=O)c1ccc(Cl)cc1. The molecule has 0 amide bonds. The predicted molar refractivity (Wildman–Crippen MR) is 95.7 cm³/mol. The number of carbonyl (C=O) groups is 1. The number of benzene rings is 2. The van der Waals surface area contributed by atoms with Gasteiger partial charge in [-0.1, -0.05) is 17.7 Å². The van der Waals surface area contributed by atoms with Crippen LogP contribution in [0.3, 0.4) is 0 Å². The first-order chi connectivity index (χ1) is 11.8. The second kappa shape index (κ2) is 7.76. The van der Waals surface area contributed by atoms with Crippen LogP contribution >= 0.6 is 11.6 Å². The Morgan fingerprint density at radius 3 is 2.32 bits per heavy atom. The number of hydrogen-bond acceptors (Lipinski definition) is 5. The molecule has 0 aliphatic carbocycles. The van der Waals surface area contributed by atoms with Gasteiger partial charge in [0, 0.05) is 5.02 Å². The molecule has 25 heavy (non-hydrogen) atoms. The van der Waals surface area contributed by atoms with Crippen molar-refractivity contribution in [2.24, 2.45) is 0 Å². The lowest BCUT2D eigenvalue weighted by atomic mass is 10.2. The molecule has 0 atom stereocenters. The molecule has 2 aromatic carbocycles. The Morgan fingerprint density at radius 2 is 1.76 bits per heavy atom. The molecule has 8 heteroatoms. The van der Waals surface area contributed by atoms with Gasteiger partial charge in [0.1, 0.15) is 12.3 Å². The molecular formula is C17H18ClNO5S. The highest BCUT2D eigenvalue weighted by Gasteiger charge is 2.29. The van der Waals surface area contributed by atoms with Crippen molar-refractivity contribution in [2.75, 3.05) is 25.1 Å². The van der Waals surface area contributed by atoms with Crippen LogP contribution < -0.4 is 9.04 Å². The molecule has 134 valence electrons. The van der Waals surface area contributed by atoms with Crippen molar-refractivity contribution in [3.05, 3.63) is 53.1 Å². The van der Waals surface area contributed by atoms with E-state index in [4.69, 9.17) is 16.3 Å². The Balaban J connectivity index is 2.62. The lowest BCUT2D eigenvalue weighted by molar-refractivity contribution is -0.138. The highest BCUT2D eigenvalue weighted by molar-refractivity contribution is 7.92. The van der Waals surface area contributed by atoms with E-state index in [0.717, 1.165) is 9.87 Å². The smallest absolute Gasteiger partial charge is 0.326 e. The van der Waals surface area contributed by atoms with E-state index < -0.39 is 22.5 Å². The summed E-state index contributed by atoms with van der Waals surface area (Å²) in [5, 5.41) is 0.409. The average molecular weight is 384 g/mol.